The number of rotatable bonds is 0. The number of nitrogens with zero attached hydrogens (tertiary/aromatic N) is 2. The highest BCUT2D eigenvalue weighted by Gasteiger charge is 1.99. The molecule has 0 radical (unpaired) electrons. The highest BCUT2D eigenvalue weighted by atomic mass is 16.6. The summed E-state index contributed by atoms with van der Waals surface area (Å²) in [4.78, 5) is 13.4. The smallest absolute Gasteiger partial charge is 0.450 e. The van der Waals surface area contributed by atoms with Gasteiger partial charge in [0.15, 0.2) is 0 Å². The van der Waals surface area contributed by atoms with Gasteiger partial charge in [-0.3, -0.25) is 0 Å². The molecular weight excluding hydrogens is 160 g/mol. The predicted molar refractivity (Wildman–Crippen MR) is 44.6 cm³/mol. The fraction of sp³-hybridized carbons (Fsp3) is 0.571. The first-order chi connectivity index (χ1) is 5.56. The van der Waals surface area contributed by atoms with E-state index in [1.54, 1.807) is 0 Å². The van der Waals surface area contributed by atoms with Gasteiger partial charge in [-0.15, -0.1) is 0 Å². The molecule has 12 heavy (non-hydrogen) atoms. The molecule has 0 saturated carbocycles. The van der Waals surface area contributed by atoms with E-state index >= 15 is 0 Å². The maximum atomic E-state index is 9.15. The summed E-state index contributed by atoms with van der Waals surface area (Å²) in [7, 11) is 5.21. The fourth-order valence-corrected chi connectivity index (χ4v) is 0.674. The summed E-state index contributed by atoms with van der Waals surface area (Å²) >= 11 is 0. The van der Waals surface area contributed by atoms with E-state index in [-0.39, 0.29) is 0 Å². The van der Waals surface area contributed by atoms with Crippen molar-refractivity contribution < 1.29 is 14.6 Å². The molecule has 0 aromatic heterocycles. The Kier molecular flexibility index (Phi) is 4.67. The van der Waals surface area contributed by atoms with E-state index in [9.17, 15) is 0 Å². The van der Waals surface area contributed by atoms with Crippen molar-refractivity contribution in [3.63, 3.8) is 0 Å². The number of carboxylic acid groups (broad SMARTS) is 1. The normalized spacial score (nSPS) is 13.9. The first kappa shape index (κ1) is 10.6. The zero-order valence-corrected chi connectivity index (χ0v) is 7.52. The summed E-state index contributed by atoms with van der Waals surface area (Å²) in [6.07, 6.45) is 2.87. The van der Waals surface area contributed by atoms with E-state index in [4.69, 9.17) is 9.90 Å². The standard InChI is InChI=1S/C5H10N2.C2H4O3/c1-6-3-4-7(2)5-6;1-5-2(3)4/h3-4H,5H2,1-2H3;1H3,(H,3,4). The molecule has 0 spiro atoms. The summed E-state index contributed by atoms with van der Waals surface area (Å²) in [5.41, 5.74) is 0. The van der Waals surface area contributed by atoms with Gasteiger partial charge in [-0.1, -0.05) is 0 Å². The molecule has 5 nitrogen and oxygen atoms in total. The Morgan fingerprint density at radius 2 is 1.75 bits per heavy atom. The number of methoxy groups -OCH3 is 1. The molecular formula is C7H14N2O3. The van der Waals surface area contributed by atoms with E-state index < -0.39 is 6.16 Å². The van der Waals surface area contributed by atoms with Gasteiger partial charge in [0.1, 0.15) is 0 Å². The number of hydrogen-bond donors (Lipinski definition) is 1. The highest BCUT2D eigenvalue weighted by Crippen LogP contribution is 1.97. The molecule has 0 aliphatic carbocycles. The molecule has 70 valence electrons. The van der Waals surface area contributed by atoms with Gasteiger partial charge in [0.25, 0.3) is 0 Å². The van der Waals surface area contributed by atoms with Crippen LogP contribution in [0.2, 0.25) is 0 Å². The third-order valence-electron chi connectivity index (χ3n) is 1.20. The van der Waals surface area contributed by atoms with Crippen LogP contribution in [0.3, 0.4) is 0 Å². The Balaban J connectivity index is 0.000000217. The largest absolute Gasteiger partial charge is 0.505 e. The molecule has 5 heteroatoms. The lowest BCUT2D eigenvalue weighted by atomic mass is 10.9. The van der Waals surface area contributed by atoms with Crippen molar-refractivity contribution in [2.24, 2.45) is 0 Å². The van der Waals surface area contributed by atoms with Gasteiger partial charge in [-0.2, -0.15) is 0 Å². The van der Waals surface area contributed by atoms with Gasteiger partial charge in [-0.25, -0.2) is 4.79 Å². The van der Waals surface area contributed by atoms with Crippen molar-refractivity contribution in [3.05, 3.63) is 12.4 Å². The van der Waals surface area contributed by atoms with Crippen molar-refractivity contribution in [3.8, 4) is 0 Å². The zero-order chi connectivity index (χ0) is 9.56. The van der Waals surface area contributed by atoms with E-state index in [1.165, 1.54) is 0 Å². The molecule has 0 unspecified atom stereocenters. The molecule has 1 aliphatic heterocycles. The minimum atomic E-state index is -1.25. The van der Waals surface area contributed by atoms with Crippen molar-refractivity contribution in [1.82, 2.24) is 9.80 Å². The predicted octanol–water partition coefficient (Wildman–Crippen LogP) is 0.603. The molecule has 1 heterocycles. The Labute approximate surface area is 71.8 Å². The summed E-state index contributed by atoms with van der Waals surface area (Å²) in [5.74, 6) is 0. The van der Waals surface area contributed by atoms with Crippen LogP contribution in [0.15, 0.2) is 12.4 Å². The van der Waals surface area contributed by atoms with Crippen LogP contribution in [0.1, 0.15) is 0 Å². The monoisotopic (exact) mass is 174 g/mol. The first-order valence-corrected chi connectivity index (χ1v) is 3.42. The maximum Gasteiger partial charge on any atom is 0.505 e. The molecule has 0 saturated heterocycles. The molecule has 1 rings (SSSR count). The van der Waals surface area contributed by atoms with Crippen molar-refractivity contribution >= 4 is 6.16 Å². The fourth-order valence-electron chi connectivity index (χ4n) is 0.674. The highest BCUT2D eigenvalue weighted by molar-refractivity contribution is 5.56. The Bertz CT molecular complexity index is 160. The number of ether oxygens (including phenoxy) is 1. The molecule has 0 bridgehead atoms. The third kappa shape index (κ3) is 5.40. The molecule has 0 aromatic rings. The zero-order valence-electron chi connectivity index (χ0n) is 7.52. The van der Waals surface area contributed by atoms with Gasteiger partial charge in [-0.05, 0) is 0 Å². The molecule has 1 N–H and O–H groups in total. The van der Waals surface area contributed by atoms with Crippen LogP contribution in [0.25, 0.3) is 0 Å². The SMILES string of the molecule is CN1C=CN(C)C1.COC(=O)O. The second kappa shape index (κ2) is 5.29. The molecule has 0 fully saturated rings. The average molecular weight is 174 g/mol. The summed E-state index contributed by atoms with van der Waals surface area (Å²) < 4.78 is 3.67. The van der Waals surface area contributed by atoms with Crippen LogP contribution in [-0.2, 0) is 4.74 Å². The summed E-state index contributed by atoms with van der Waals surface area (Å²) in [6, 6.07) is 0. The van der Waals surface area contributed by atoms with E-state index in [2.05, 4.69) is 41.0 Å². The Morgan fingerprint density at radius 3 is 1.83 bits per heavy atom. The minimum absolute atomic E-state index is 1.03. The third-order valence-corrected chi connectivity index (χ3v) is 1.20. The summed E-state index contributed by atoms with van der Waals surface area (Å²) in [5, 5.41) is 7.50. The van der Waals surface area contributed by atoms with Crippen LogP contribution in [0, 0.1) is 0 Å². The Hall–Kier alpha value is -1.39. The maximum absolute atomic E-state index is 9.15. The molecule has 0 aromatic carbocycles. The quantitative estimate of drug-likeness (QED) is 0.545. The lowest BCUT2D eigenvalue weighted by Crippen LogP contribution is -2.17. The van der Waals surface area contributed by atoms with Crippen LogP contribution in [-0.4, -0.2) is 48.9 Å². The van der Waals surface area contributed by atoms with E-state index in [0.29, 0.717) is 0 Å². The van der Waals surface area contributed by atoms with Crippen molar-refractivity contribution in [2.75, 3.05) is 27.9 Å². The second-order valence-electron chi connectivity index (χ2n) is 2.42. The summed E-state index contributed by atoms with van der Waals surface area (Å²) in [6.45, 7) is 1.03. The average Bonchev–Trinajstić information content (AvgIpc) is 2.36. The van der Waals surface area contributed by atoms with Gasteiger partial charge in [0, 0.05) is 26.5 Å². The molecule has 1 aliphatic rings. The number of hydrogen-bond acceptors (Lipinski definition) is 4. The lowest BCUT2D eigenvalue weighted by Gasteiger charge is -2.10. The number of carbonyl (C=O) groups is 1. The molecule has 0 amide bonds. The van der Waals surface area contributed by atoms with Crippen molar-refractivity contribution in [1.29, 1.82) is 0 Å². The van der Waals surface area contributed by atoms with Crippen LogP contribution in [0.5, 0.6) is 0 Å². The Morgan fingerprint density at radius 1 is 1.42 bits per heavy atom. The minimum Gasteiger partial charge on any atom is -0.450 e. The first-order valence-electron chi connectivity index (χ1n) is 3.42. The lowest BCUT2D eigenvalue weighted by molar-refractivity contribution is 0.114. The van der Waals surface area contributed by atoms with Gasteiger partial charge >= 0.3 is 6.16 Å². The van der Waals surface area contributed by atoms with Crippen LogP contribution >= 0.6 is 0 Å². The topological polar surface area (TPSA) is 53.0 Å². The van der Waals surface area contributed by atoms with Crippen molar-refractivity contribution in [2.45, 2.75) is 0 Å². The van der Waals surface area contributed by atoms with Gasteiger partial charge in [0.2, 0.25) is 0 Å². The van der Waals surface area contributed by atoms with Gasteiger partial charge in [0.05, 0.1) is 13.8 Å². The van der Waals surface area contributed by atoms with Crippen LogP contribution in [0.4, 0.5) is 4.79 Å². The van der Waals surface area contributed by atoms with Crippen LogP contribution < -0.4 is 0 Å². The van der Waals surface area contributed by atoms with E-state index in [0.717, 1.165) is 13.8 Å². The molecule has 0 atom stereocenters. The second-order valence-corrected chi connectivity index (χ2v) is 2.42. The van der Waals surface area contributed by atoms with Gasteiger partial charge < -0.3 is 19.6 Å². The van der Waals surface area contributed by atoms with E-state index in [1.807, 2.05) is 0 Å².